The van der Waals surface area contributed by atoms with Crippen molar-refractivity contribution in [3.63, 3.8) is 0 Å². The van der Waals surface area contributed by atoms with E-state index in [-0.39, 0.29) is 17.0 Å². The van der Waals surface area contributed by atoms with Crippen LogP contribution >= 0.6 is 26.4 Å². The van der Waals surface area contributed by atoms with Gasteiger partial charge < -0.3 is 9.26 Å². The molecule has 0 fully saturated rings. The van der Waals surface area contributed by atoms with Crippen molar-refractivity contribution in [1.82, 2.24) is 0 Å². The van der Waals surface area contributed by atoms with Crippen LogP contribution in [0.3, 0.4) is 0 Å². The van der Waals surface area contributed by atoms with Crippen molar-refractivity contribution in [2.75, 3.05) is 13.2 Å². The molecule has 0 aromatic heterocycles. The van der Waals surface area contributed by atoms with Gasteiger partial charge in [0.1, 0.15) is 5.75 Å². The Morgan fingerprint density at radius 1 is 1.00 bits per heavy atom. The second-order valence-electron chi connectivity index (χ2n) is 3.59. The number of unbranched alkanes of at least 4 members (excludes halogenated alkanes) is 2. The van der Waals surface area contributed by atoms with Gasteiger partial charge in [-0.15, -0.1) is 17.0 Å². The maximum Gasteiger partial charge on any atom is 0.119 e. The van der Waals surface area contributed by atoms with E-state index in [1.165, 1.54) is 5.56 Å². The Kier molecular flexibility index (Phi) is 10.0. The zero-order chi connectivity index (χ0) is 10.9. The summed E-state index contributed by atoms with van der Waals surface area (Å²) in [5.41, 5.74) is 1.26. The molecular formula is C12H20BrO2P. The average molecular weight is 307 g/mol. The van der Waals surface area contributed by atoms with E-state index in [4.69, 9.17) is 9.26 Å². The molecule has 1 rings (SSSR count). The summed E-state index contributed by atoms with van der Waals surface area (Å²) in [4.78, 5) is 0. The van der Waals surface area contributed by atoms with Crippen LogP contribution in [0.1, 0.15) is 24.8 Å². The average Bonchev–Trinajstić information content (AvgIpc) is 2.26. The third-order valence-electron chi connectivity index (χ3n) is 2.20. The molecule has 92 valence electrons. The molecular weight excluding hydrogens is 287 g/mol. The topological polar surface area (TPSA) is 18.5 Å². The highest BCUT2D eigenvalue weighted by Crippen LogP contribution is 2.12. The van der Waals surface area contributed by atoms with Crippen molar-refractivity contribution >= 4 is 26.4 Å². The molecule has 1 aromatic rings. The lowest BCUT2D eigenvalue weighted by molar-refractivity contribution is 0.293. The summed E-state index contributed by atoms with van der Waals surface area (Å²) >= 11 is 0. The summed E-state index contributed by atoms with van der Waals surface area (Å²) in [6, 6.07) is 8.16. The maximum absolute atomic E-state index is 5.60. The fourth-order valence-corrected chi connectivity index (χ4v) is 1.46. The molecule has 0 N–H and O–H groups in total. The van der Waals surface area contributed by atoms with Crippen molar-refractivity contribution < 1.29 is 9.26 Å². The van der Waals surface area contributed by atoms with E-state index < -0.39 is 0 Å². The van der Waals surface area contributed by atoms with E-state index in [0.29, 0.717) is 0 Å². The van der Waals surface area contributed by atoms with Crippen molar-refractivity contribution in [1.29, 1.82) is 0 Å². The van der Waals surface area contributed by atoms with Crippen LogP contribution in [0.2, 0.25) is 0 Å². The number of hydrogen-bond acceptors (Lipinski definition) is 2. The molecule has 0 aliphatic carbocycles. The largest absolute Gasteiger partial charge is 0.494 e. The molecule has 1 aromatic carbocycles. The van der Waals surface area contributed by atoms with Gasteiger partial charge in [-0.05, 0) is 38.3 Å². The van der Waals surface area contributed by atoms with Crippen LogP contribution in [0, 0.1) is 6.92 Å². The van der Waals surface area contributed by atoms with Gasteiger partial charge in [0.2, 0.25) is 0 Å². The van der Waals surface area contributed by atoms with Gasteiger partial charge in [-0.3, -0.25) is 0 Å². The first-order chi connectivity index (χ1) is 7.33. The van der Waals surface area contributed by atoms with Crippen LogP contribution in [0.5, 0.6) is 5.75 Å². The van der Waals surface area contributed by atoms with Gasteiger partial charge >= 0.3 is 0 Å². The van der Waals surface area contributed by atoms with Crippen LogP contribution in [0.15, 0.2) is 24.3 Å². The van der Waals surface area contributed by atoms with Gasteiger partial charge in [-0.25, -0.2) is 0 Å². The first kappa shape index (κ1) is 15.9. The number of ether oxygens (including phenoxy) is 1. The number of hydrogen-bond donors (Lipinski definition) is 0. The summed E-state index contributed by atoms with van der Waals surface area (Å²) in [7, 11) is 2.27. The Morgan fingerprint density at radius 2 is 1.62 bits per heavy atom. The Hall–Kier alpha value is -0.110. The second-order valence-corrected chi connectivity index (χ2v) is 3.93. The van der Waals surface area contributed by atoms with Gasteiger partial charge in [0.15, 0.2) is 0 Å². The predicted octanol–water partition coefficient (Wildman–Crippen LogP) is 3.93. The summed E-state index contributed by atoms with van der Waals surface area (Å²) in [6.45, 7) is 3.68. The normalized spacial score (nSPS) is 9.62. The van der Waals surface area contributed by atoms with E-state index in [1.54, 1.807) is 0 Å². The molecule has 1 unspecified atom stereocenters. The quantitative estimate of drug-likeness (QED) is 0.561. The lowest BCUT2D eigenvalue weighted by Gasteiger charge is -2.05. The molecule has 0 aliphatic heterocycles. The number of halogens is 1. The molecule has 0 spiro atoms. The first-order valence-electron chi connectivity index (χ1n) is 5.34. The fourth-order valence-electron chi connectivity index (χ4n) is 1.29. The minimum atomic E-state index is 0. The Bertz CT molecular complexity index is 264. The summed E-state index contributed by atoms with van der Waals surface area (Å²) < 4.78 is 10.5. The van der Waals surface area contributed by atoms with Crippen molar-refractivity contribution in [2.45, 2.75) is 26.2 Å². The van der Waals surface area contributed by atoms with Crippen LogP contribution in [-0.2, 0) is 4.52 Å². The minimum absolute atomic E-state index is 0. The van der Waals surface area contributed by atoms with Gasteiger partial charge in [-0.1, -0.05) is 17.7 Å². The fraction of sp³-hybridized carbons (Fsp3) is 0.500. The molecule has 1 atom stereocenters. The third kappa shape index (κ3) is 7.21. The lowest BCUT2D eigenvalue weighted by atomic mass is 10.2. The number of rotatable bonds is 7. The Balaban J connectivity index is 0.00000225. The summed E-state index contributed by atoms with van der Waals surface area (Å²) in [5, 5.41) is 0. The van der Waals surface area contributed by atoms with Crippen molar-refractivity contribution in [3.8, 4) is 5.75 Å². The van der Waals surface area contributed by atoms with Crippen molar-refractivity contribution in [3.05, 3.63) is 29.8 Å². The van der Waals surface area contributed by atoms with E-state index >= 15 is 0 Å². The number of benzene rings is 1. The summed E-state index contributed by atoms with van der Waals surface area (Å²) in [5.74, 6) is 0.961. The van der Waals surface area contributed by atoms with E-state index in [9.17, 15) is 0 Å². The van der Waals surface area contributed by atoms with E-state index in [2.05, 4.69) is 28.5 Å². The van der Waals surface area contributed by atoms with Crippen LogP contribution in [0.25, 0.3) is 0 Å². The highest BCUT2D eigenvalue weighted by atomic mass is 79.9. The smallest absolute Gasteiger partial charge is 0.119 e. The van der Waals surface area contributed by atoms with Gasteiger partial charge in [0.25, 0.3) is 0 Å². The predicted molar refractivity (Wildman–Crippen MR) is 76.5 cm³/mol. The zero-order valence-electron chi connectivity index (χ0n) is 9.65. The van der Waals surface area contributed by atoms with E-state index in [0.717, 1.165) is 38.2 Å². The SMILES string of the molecule is Br.Cc1ccc(OCCCCCOP)cc1. The Morgan fingerprint density at radius 3 is 2.25 bits per heavy atom. The minimum Gasteiger partial charge on any atom is -0.494 e. The maximum atomic E-state index is 5.60. The Labute approximate surface area is 111 Å². The molecule has 2 nitrogen and oxygen atoms in total. The summed E-state index contributed by atoms with van der Waals surface area (Å²) in [6.07, 6.45) is 3.34. The molecule has 0 saturated carbocycles. The van der Waals surface area contributed by atoms with Crippen LogP contribution in [0.4, 0.5) is 0 Å². The lowest BCUT2D eigenvalue weighted by Crippen LogP contribution is -1.97. The zero-order valence-corrected chi connectivity index (χ0v) is 12.5. The second kappa shape index (κ2) is 10.1. The molecule has 0 saturated heterocycles. The molecule has 16 heavy (non-hydrogen) atoms. The molecule has 0 aliphatic rings. The van der Waals surface area contributed by atoms with Crippen LogP contribution in [-0.4, -0.2) is 13.2 Å². The van der Waals surface area contributed by atoms with Crippen LogP contribution < -0.4 is 4.74 Å². The highest BCUT2D eigenvalue weighted by Gasteiger charge is 1.93. The van der Waals surface area contributed by atoms with Gasteiger partial charge in [0, 0.05) is 9.47 Å². The molecule has 4 heteroatoms. The third-order valence-corrected chi connectivity index (χ3v) is 2.43. The molecule has 0 radical (unpaired) electrons. The molecule has 0 bridgehead atoms. The molecule has 0 amide bonds. The monoisotopic (exact) mass is 306 g/mol. The van der Waals surface area contributed by atoms with Gasteiger partial charge in [-0.2, -0.15) is 0 Å². The molecule has 0 heterocycles. The van der Waals surface area contributed by atoms with E-state index in [1.807, 2.05) is 12.1 Å². The van der Waals surface area contributed by atoms with Crippen molar-refractivity contribution in [2.24, 2.45) is 0 Å². The standard InChI is InChI=1S/C12H19O2P.BrH/c1-11-5-7-12(8-6-11)13-9-3-2-4-10-14-15;/h5-8H,2-4,9-10,15H2,1H3;1H. The highest BCUT2D eigenvalue weighted by molar-refractivity contribution is 8.93. The first-order valence-corrected chi connectivity index (χ1v) is 5.81. The number of aryl methyl sites for hydroxylation is 1. The van der Waals surface area contributed by atoms with Gasteiger partial charge in [0.05, 0.1) is 13.2 Å².